The third-order valence-corrected chi connectivity index (χ3v) is 1.94. The summed E-state index contributed by atoms with van der Waals surface area (Å²) in [5.41, 5.74) is 1.10. The van der Waals surface area contributed by atoms with Gasteiger partial charge in [0.25, 0.3) is 0 Å². The van der Waals surface area contributed by atoms with Crippen molar-refractivity contribution >= 4 is 5.97 Å². The molecule has 0 N–H and O–H groups in total. The first kappa shape index (κ1) is 12.2. The molecule has 0 unspecified atom stereocenters. The lowest BCUT2D eigenvalue weighted by atomic mass is 10.2. The molecule has 0 atom stereocenters. The molecule has 13 heavy (non-hydrogen) atoms. The zero-order valence-electron chi connectivity index (χ0n) is 8.93. The molecule has 2 nitrogen and oxygen atoms in total. The second kappa shape index (κ2) is 7.84. The summed E-state index contributed by atoms with van der Waals surface area (Å²) in [6.45, 7) is 6.47. The number of hydrogen-bond acceptors (Lipinski definition) is 2. The maximum absolute atomic E-state index is 11.1. The Morgan fingerprint density at radius 2 is 2.08 bits per heavy atom. The molecule has 0 heterocycles. The predicted molar refractivity (Wildman–Crippen MR) is 54.5 cm³/mol. The summed E-state index contributed by atoms with van der Waals surface area (Å²) in [7, 11) is 0. The van der Waals surface area contributed by atoms with Crippen molar-refractivity contribution in [1.29, 1.82) is 0 Å². The monoisotopic (exact) mass is 184 g/mol. The third-order valence-electron chi connectivity index (χ3n) is 1.94. The Morgan fingerprint density at radius 3 is 2.62 bits per heavy atom. The molecule has 0 rings (SSSR count). The fourth-order valence-corrected chi connectivity index (χ4v) is 0.869. The highest BCUT2D eigenvalue weighted by molar-refractivity contribution is 5.69. The van der Waals surface area contributed by atoms with E-state index in [1.807, 2.05) is 19.9 Å². The average molecular weight is 184 g/mol. The van der Waals surface area contributed by atoms with Gasteiger partial charge in [-0.1, -0.05) is 25.8 Å². The standard InChI is InChI=1S/C11H20O2/c1-4-6-7-8-11(12)13-9-10(3)5-2/h5H,4,6-9H2,1-3H3/b10-5+. The highest BCUT2D eigenvalue weighted by atomic mass is 16.5. The molecule has 76 valence electrons. The van der Waals surface area contributed by atoms with Gasteiger partial charge in [-0.25, -0.2) is 0 Å². The van der Waals surface area contributed by atoms with Crippen LogP contribution in [0.2, 0.25) is 0 Å². The van der Waals surface area contributed by atoms with Gasteiger partial charge in [0.15, 0.2) is 0 Å². The van der Waals surface area contributed by atoms with Gasteiger partial charge < -0.3 is 4.74 Å². The highest BCUT2D eigenvalue weighted by Gasteiger charge is 2.01. The molecule has 0 amide bonds. The van der Waals surface area contributed by atoms with Crippen molar-refractivity contribution in [2.45, 2.75) is 46.5 Å². The fourth-order valence-electron chi connectivity index (χ4n) is 0.869. The second-order valence-electron chi connectivity index (χ2n) is 3.25. The van der Waals surface area contributed by atoms with Crippen molar-refractivity contribution in [3.05, 3.63) is 11.6 Å². The Bertz CT molecular complexity index is 171. The normalized spacial score (nSPS) is 11.5. The van der Waals surface area contributed by atoms with Gasteiger partial charge in [-0.2, -0.15) is 0 Å². The molecule has 0 aromatic heterocycles. The largest absolute Gasteiger partial charge is 0.461 e. The molecule has 0 fully saturated rings. The van der Waals surface area contributed by atoms with Crippen LogP contribution in [0.25, 0.3) is 0 Å². The molecule has 0 aliphatic heterocycles. The molecule has 2 heteroatoms. The van der Waals surface area contributed by atoms with Gasteiger partial charge in [0.05, 0.1) is 0 Å². The Hall–Kier alpha value is -0.790. The second-order valence-corrected chi connectivity index (χ2v) is 3.25. The van der Waals surface area contributed by atoms with Gasteiger partial charge in [-0.3, -0.25) is 4.79 Å². The van der Waals surface area contributed by atoms with E-state index in [1.54, 1.807) is 0 Å². The first-order valence-corrected chi connectivity index (χ1v) is 4.98. The van der Waals surface area contributed by atoms with Gasteiger partial charge in [0, 0.05) is 6.42 Å². The van der Waals surface area contributed by atoms with E-state index in [9.17, 15) is 4.79 Å². The van der Waals surface area contributed by atoms with Gasteiger partial charge >= 0.3 is 5.97 Å². The fraction of sp³-hybridized carbons (Fsp3) is 0.727. The van der Waals surface area contributed by atoms with Crippen molar-refractivity contribution in [1.82, 2.24) is 0 Å². The number of allylic oxidation sites excluding steroid dienone is 1. The van der Waals surface area contributed by atoms with E-state index in [1.165, 1.54) is 0 Å². The summed E-state index contributed by atoms with van der Waals surface area (Å²) >= 11 is 0. The van der Waals surface area contributed by atoms with Crippen LogP contribution in [0.5, 0.6) is 0 Å². The molecule has 0 aromatic carbocycles. The van der Waals surface area contributed by atoms with Crippen LogP contribution in [0.15, 0.2) is 11.6 Å². The number of unbranched alkanes of at least 4 members (excludes halogenated alkanes) is 2. The average Bonchev–Trinajstić information content (AvgIpc) is 2.14. The van der Waals surface area contributed by atoms with Crippen molar-refractivity contribution in [2.75, 3.05) is 6.61 Å². The topological polar surface area (TPSA) is 26.3 Å². The molecular weight excluding hydrogens is 164 g/mol. The van der Waals surface area contributed by atoms with E-state index in [-0.39, 0.29) is 5.97 Å². The predicted octanol–water partition coefficient (Wildman–Crippen LogP) is 3.08. The van der Waals surface area contributed by atoms with E-state index < -0.39 is 0 Å². The number of carbonyl (C=O) groups is 1. The van der Waals surface area contributed by atoms with E-state index in [0.717, 1.165) is 24.8 Å². The van der Waals surface area contributed by atoms with Crippen LogP contribution in [-0.4, -0.2) is 12.6 Å². The Morgan fingerprint density at radius 1 is 1.38 bits per heavy atom. The summed E-state index contributed by atoms with van der Waals surface area (Å²) in [6, 6.07) is 0. The maximum Gasteiger partial charge on any atom is 0.306 e. The summed E-state index contributed by atoms with van der Waals surface area (Å²) < 4.78 is 5.03. The molecule has 0 spiro atoms. The SMILES string of the molecule is C/C=C(\C)COC(=O)CCCCC. The van der Waals surface area contributed by atoms with Crippen LogP contribution in [-0.2, 0) is 9.53 Å². The van der Waals surface area contributed by atoms with E-state index in [2.05, 4.69) is 6.92 Å². The molecule has 0 saturated heterocycles. The van der Waals surface area contributed by atoms with Crippen LogP contribution in [0.4, 0.5) is 0 Å². The lowest BCUT2D eigenvalue weighted by Crippen LogP contribution is -2.06. The number of ether oxygens (including phenoxy) is 1. The molecule has 0 aliphatic rings. The summed E-state index contributed by atoms with van der Waals surface area (Å²) in [5, 5.41) is 0. The van der Waals surface area contributed by atoms with Crippen molar-refractivity contribution in [2.24, 2.45) is 0 Å². The first-order valence-electron chi connectivity index (χ1n) is 4.98. The van der Waals surface area contributed by atoms with Gasteiger partial charge in [-0.15, -0.1) is 0 Å². The molecule has 0 bridgehead atoms. The summed E-state index contributed by atoms with van der Waals surface area (Å²) in [5.74, 6) is -0.0744. The van der Waals surface area contributed by atoms with E-state index >= 15 is 0 Å². The van der Waals surface area contributed by atoms with Gasteiger partial charge in [0.1, 0.15) is 6.61 Å². The van der Waals surface area contributed by atoms with Crippen LogP contribution in [0.3, 0.4) is 0 Å². The summed E-state index contributed by atoms with van der Waals surface area (Å²) in [4.78, 5) is 11.1. The Kier molecular flexibility index (Phi) is 7.36. The van der Waals surface area contributed by atoms with Gasteiger partial charge in [-0.05, 0) is 25.8 Å². The minimum absolute atomic E-state index is 0.0744. The lowest BCUT2D eigenvalue weighted by molar-refractivity contribution is -0.142. The molecule has 0 aliphatic carbocycles. The minimum Gasteiger partial charge on any atom is -0.461 e. The number of esters is 1. The zero-order chi connectivity index (χ0) is 10.1. The molecular formula is C11H20O2. The minimum atomic E-state index is -0.0744. The number of carbonyl (C=O) groups excluding carboxylic acids is 1. The van der Waals surface area contributed by atoms with Crippen molar-refractivity contribution < 1.29 is 9.53 Å². The first-order chi connectivity index (χ1) is 6.20. The Labute approximate surface area is 81.0 Å². The van der Waals surface area contributed by atoms with Crippen molar-refractivity contribution in [3.8, 4) is 0 Å². The van der Waals surface area contributed by atoms with Crippen LogP contribution in [0, 0.1) is 0 Å². The van der Waals surface area contributed by atoms with Crippen LogP contribution >= 0.6 is 0 Å². The quantitative estimate of drug-likeness (QED) is 0.360. The smallest absolute Gasteiger partial charge is 0.306 e. The van der Waals surface area contributed by atoms with Gasteiger partial charge in [0.2, 0.25) is 0 Å². The van der Waals surface area contributed by atoms with E-state index in [4.69, 9.17) is 4.74 Å². The van der Waals surface area contributed by atoms with Crippen LogP contribution < -0.4 is 0 Å². The lowest BCUT2D eigenvalue weighted by Gasteiger charge is -2.03. The highest BCUT2D eigenvalue weighted by Crippen LogP contribution is 2.01. The van der Waals surface area contributed by atoms with Crippen LogP contribution in [0.1, 0.15) is 46.5 Å². The summed E-state index contributed by atoms with van der Waals surface area (Å²) in [6.07, 6.45) is 5.72. The van der Waals surface area contributed by atoms with Crippen molar-refractivity contribution in [3.63, 3.8) is 0 Å². The molecule has 0 saturated carbocycles. The molecule has 0 radical (unpaired) electrons. The zero-order valence-corrected chi connectivity index (χ0v) is 8.93. The number of rotatable bonds is 6. The number of hydrogen-bond donors (Lipinski definition) is 0. The van der Waals surface area contributed by atoms with E-state index in [0.29, 0.717) is 13.0 Å². The Balaban J connectivity index is 3.41. The third kappa shape index (κ3) is 7.57. The molecule has 0 aromatic rings. The maximum atomic E-state index is 11.1.